The Morgan fingerprint density at radius 1 is 1.17 bits per heavy atom. The van der Waals surface area contributed by atoms with Crippen LogP contribution in [0.4, 0.5) is 15.3 Å². The summed E-state index contributed by atoms with van der Waals surface area (Å²) in [7, 11) is 0. The average Bonchev–Trinajstić information content (AvgIpc) is 3.23. The van der Waals surface area contributed by atoms with Gasteiger partial charge in [-0.15, -0.1) is 0 Å². The molecule has 3 aromatic rings. The normalized spacial score (nSPS) is 16.5. The molecule has 3 heterocycles. The summed E-state index contributed by atoms with van der Waals surface area (Å²) >= 11 is 1.50. The second-order valence-electron chi connectivity index (χ2n) is 7.55. The average molecular weight is 429 g/mol. The number of aliphatic hydroxyl groups is 2. The predicted molar refractivity (Wildman–Crippen MR) is 117 cm³/mol. The van der Waals surface area contributed by atoms with Crippen LogP contribution in [0.5, 0.6) is 0 Å². The fraction of sp³-hybridized carbons (Fsp3) is 0.364. The van der Waals surface area contributed by atoms with Crippen LogP contribution in [0.15, 0.2) is 48.8 Å². The van der Waals surface area contributed by atoms with Gasteiger partial charge >= 0.3 is 0 Å². The molecule has 6 nitrogen and oxygen atoms in total. The van der Waals surface area contributed by atoms with Gasteiger partial charge in [0.25, 0.3) is 0 Å². The Hall–Kier alpha value is -2.39. The number of halogens is 1. The Morgan fingerprint density at radius 3 is 2.67 bits per heavy atom. The van der Waals surface area contributed by atoms with Crippen LogP contribution in [0.3, 0.4) is 0 Å². The maximum Gasteiger partial charge on any atom is 0.188 e. The van der Waals surface area contributed by atoms with Crippen molar-refractivity contribution in [1.82, 2.24) is 14.9 Å². The number of thiazole rings is 1. The number of benzene rings is 1. The van der Waals surface area contributed by atoms with Crippen molar-refractivity contribution in [2.75, 3.05) is 31.6 Å². The van der Waals surface area contributed by atoms with Crippen molar-refractivity contribution in [2.45, 2.75) is 24.9 Å². The second kappa shape index (κ2) is 9.61. The zero-order valence-corrected chi connectivity index (χ0v) is 17.4. The van der Waals surface area contributed by atoms with Crippen molar-refractivity contribution in [1.29, 1.82) is 0 Å². The molecule has 1 aliphatic heterocycles. The molecule has 8 heteroatoms. The summed E-state index contributed by atoms with van der Waals surface area (Å²) in [5.74, 6) is 0.950. The highest BCUT2D eigenvalue weighted by molar-refractivity contribution is 7.18. The lowest BCUT2D eigenvalue weighted by Crippen LogP contribution is -2.39. The first-order chi connectivity index (χ1) is 14.6. The van der Waals surface area contributed by atoms with E-state index in [0.717, 1.165) is 47.3 Å². The van der Waals surface area contributed by atoms with Crippen LogP contribution in [0.1, 0.15) is 24.3 Å². The van der Waals surface area contributed by atoms with E-state index in [4.69, 9.17) is 5.11 Å². The number of rotatable bonds is 7. The van der Waals surface area contributed by atoms with Gasteiger partial charge in [-0.1, -0.05) is 23.5 Å². The van der Waals surface area contributed by atoms with E-state index in [0.29, 0.717) is 12.5 Å². The lowest BCUT2D eigenvalue weighted by Gasteiger charge is -2.33. The summed E-state index contributed by atoms with van der Waals surface area (Å²) in [4.78, 5) is 12.0. The molecule has 1 atom stereocenters. The minimum atomic E-state index is -0.670. The topological polar surface area (TPSA) is 81.5 Å². The van der Waals surface area contributed by atoms with Crippen LogP contribution in [0.2, 0.25) is 0 Å². The zero-order valence-electron chi connectivity index (χ0n) is 16.5. The van der Waals surface area contributed by atoms with Crippen molar-refractivity contribution < 1.29 is 14.6 Å². The van der Waals surface area contributed by atoms with E-state index in [1.807, 2.05) is 6.20 Å². The highest BCUT2D eigenvalue weighted by atomic mass is 32.1. The number of β-amino-alcohol motifs (C(OH)–C–C–N with tert-alkyl or cyclic N) is 1. The number of nitrogens with one attached hydrogen (secondary N) is 1. The van der Waals surface area contributed by atoms with Gasteiger partial charge in [0.15, 0.2) is 5.13 Å². The molecule has 0 spiro atoms. The molecule has 0 amide bonds. The monoisotopic (exact) mass is 428 g/mol. The van der Waals surface area contributed by atoms with Gasteiger partial charge in [-0.25, -0.2) is 14.4 Å². The molecule has 0 aliphatic carbocycles. The van der Waals surface area contributed by atoms with Crippen LogP contribution in [0.25, 0.3) is 10.4 Å². The number of hydrogen-bond donors (Lipinski definition) is 3. The minimum Gasteiger partial charge on any atom is -0.394 e. The van der Waals surface area contributed by atoms with E-state index in [-0.39, 0.29) is 12.4 Å². The van der Waals surface area contributed by atoms with Crippen LogP contribution >= 0.6 is 11.3 Å². The minimum absolute atomic E-state index is 0.195. The van der Waals surface area contributed by atoms with Gasteiger partial charge in [0, 0.05) is 18.9 Å². The lowest BCUT2D eigenvalue weighted by atomic mass is 9.90. The highest BCUT2D eigenvalue weighted by Crippen LogP contribution is 2.32. The van der Waals surface area contributed by atoms with E-state index in [9.17, 15) is 9.50 Å². The summed E-state index contributed by atoms with van der Waals surface area (Å²) in [6.07, 6.45) is 4.94. The molecule has 158 valence electrons. The van der Waals surface area contributed by atoms with Crippen molar-refractivity contribution in [3.05, 3.63) is 60.2 Å². The number of hydrogen-bond acceptors (Lipinski definition) is 7. The SMILES string of the molecule is OCC(O)CN1CCC(c2ccnc(Nc3ncc(-c4ccc(F)cc4)s3)c2)CC1. The molecule has 1 saturated heterocycles. The highest BCUT2D eigenvalue weighted by Gasteiger charge is 2.22. The van der Waals surface area contributed by atoms with Gasteiger partial charge < -0.3 is 20.4 Å². The van der Waals surface area contributed by atoms with Crippen LogP contribution in [-0.2, 0) is 0 Å². The van der Waals surface area contributed by atoms with Crippen molar-refractivity contribution in [3.63, 3.8) is 0 Å². The third-order valence-electron chi connectivity index (χ3n) is 5.39. The number of aromatic nitrogens is 2. The molecule has 0 saturated carbocycles. The Morgan fingerprint density at radius 2 is 1.93 bits per heavy atom. The second-order valence-corrected chi connectivity index (χ2v) is 8.58. The number of piperidine rings is 1. The zero-order chi connectivity index (χ0) is 20.9. The van der Waals surface area contributed by atoms with E-state index in [1.54, 1.807) is 18.3 Å². The van der Waals surface area contributed by atoms with Crippen molar-refractivity contribution in [3.8, 4) is 10.4 Å². The van der Waals surface area contributed by atoms with Gasteiger partial charge in [-0.2, -0.15) is 0 Å². The largest absolute Gasteiger partial charge is 0.394 e. The van der Waals surface area contributed by atoms with Crippen molar-refractivity contribution in [2.24, 2.45) is 0 Å². The molecule has 3 N–H and O–H groups in total. The van der Waals surface area contributed by atoms with Gasteiger partial charge in [-0.05, 0) is 67.2 Å². The Labute approximate surface area is 179 Å². The molecule has 2 aromatic heterocycles. The quantitative estimate of drug-likeness (QED) is 0.533. The van der Waals surface area contributed by atoms with Crippen molar-refractivity contribution >= 4 is 22.3 Å². The first-order valence-electron chi connectivity index (χ1n) is 10.1. The summed E-state index contributed by atoms with van der Waals surface area (Å²) in [6.45, 7) is 2.13. The van der Waals surface area contributed by atoms with Gasteiger partial charge in [0.2, 0.25) is 0 Å². The molecular weight excluding hydrogens is 403 g/mol. The number of likely N-dealkylation sites (tertiary alicyclic amines) is 1. The van der Waals surface area contributed by atoms with E-state index in [2.05, 4.69) is 32.3 Å². The third-order valence-corrected chi connectivity index (χ3v) is 6.35. The molecule has 1 aromatic carbocycles. The first kappa shape index (κ1) is 20.9. The summed E-state index contributed by atoms with van der Waals surface area (Å²) in [5.41, 5.74) is 2.17. The summed E-state index contributed by atoms with van der Waals surface area (Å²) in [5, 5.41) is 22.7. The predicted octanol–water partition coefficient (Wildman–Crippen LogP) is 3.62. The Balaban J connectivity index is 1.38. The fourth-order valence-corrected chi connectivity index (χ4v) is 4.59. The molecular formula is C22H25FN4O2S. The molecule has 0 bridgehead atoms. The van der Waals surface area contributed by atoms with E-state index in [1.165, 1.54) is 29.0 Å². The maximum absolute atomic E-state index is 13.1. The third kappa shape index (κ3) is 5.20. The molecule has 30 heavy (non-hydrogen) atoms. The van der Waals surface area contributed by atoms with E-state index >= 15 is 0 Å². The van der Waals surface area contributed by atoms with Gasteiger partial charge in [0.1, 0.15) is 11.6 Å². The summed E-state index contributed by atoms with van der Waals surface area (Å²) < 4.78 is 13.1. The summed E-state index contributed by atoms with van der Waals surface area (Å²) in [6, 6.07) is 10.5. The Kier molecular flexibility index (Phi) is 6.69. The fourth-order valence-electron chi connectivity index (χ4n) is 3.76. The molecule has 0 radical (unpaired) electrons. The first-order valence-corrected chi connectivity index (χ1v) is 10.9. The molecule has 1 aliphatic rings. The number of aliphatic hydroxyl groups excluding tert-OH is 2. The van der Waals surface area contributed by atoms with E-state index < -0.39 is 6.10 Å². The lowest BCUT2D eigenvalue weighted by molar-refractivity contribution is 0.0513. The number of pyridine rings is 1. The van der Waals surface area contributed by atoms with Crippen LogP contribution in [0, 0.1) is 5.82 Å². The van der Waals surface area contributed by atoms with Gasteiger partial charge in [0.05, 0.1) is 17.6 Å². The molecule has 4 rings (SSSR count). The number of nitrogens with zero attached hydrogens (tertiary/aromatic N) is 3. The Bertz CT molecular complexity index is 958. The smallest absolute Gasteiger partial charge is 0.188 e. The van der Waals surface area contributed by atoms with Crippen LogP contribution in [-0.4, -0.2) is 57.4 Å². The van der Waals surface area contributed by atoms with Crippen LogP contribution < -0.4 is 5.32 Å². The number of anilines is 2. The standard InChI is InChI=1S/C22H25FN4O2S/c23-18-3-1-16(2-4-18)20-12-25-22(30-20)26-21-11-17(5-8-24-21)15-6-9-27(10-7-15)13-19(29)14-28/h1-5,8,11-12,15,19,28-29H,6-7,9-10,13-14H2,(H,24,25,26). The molecule has 1 fully saturated rings. The maximum atomic E-state index is 13.1. The molecule has 1 unspecified atom stereocenters. The van der Waals surface area contributed by atoms with Gasteiger partial charge in [-0.3, -0.25) is 0 Å².